The van der Waals surface area contributed by atoms with Crippen LogP contribution in [0.3, 0.4) is 0 Å². The molecule has 5 heteroatoms. The summed E-state index contributed by atoms with van der Waals surface area (Å²) in [6, 6.07) is -0.715. The highest BCUT2D eigenvalue weighted by atomic mass is 16.6. The number of nitrogens with zero attached hydrogens (tertiary/aromatic N) is 1. The fourth-order valence-corrected chi connectivity index (χ4v) is 3.19. The third-order valence-corrected chi connectivity index (χ3v) is 3.95. The maximum absolute atomic E-state index is 11.9. The van der Waals surface area contributed by atoms with Crippen molar-refractivity contribution in [1.82, 2.24) is 4.90 Å². The number of carbonyl (C=O) groups excluding carboxylic acids is 1. The standard InChI is InChI=1S/C13H19NO4/c1-2-7-18-13(17)14-8-9-5-3-4-6-10(9)11(14)12(15)16/h2,9-11H,1,3-8H2,(H,15,16)/t9-,10-,11-/m0/s1. The van der Waals surface area contributed by atoms with Gasteiger partial charge in [-0.05, 0) is 24.7 Å². The van der Waals surface area contributed by atoms with E-state index in [1.54, 1.807) is 0 Å². The number of likely N-dealkylation sites (tertiary alicyclic amines) is 1. The highest BCUT2D eigenvalue weighted by molar-refractivity contribution is 5.81. The summed E-state index contributed by atoms with van der Waals surface area (Å²) < 4.78 is 4.97. The maximum Gasteiger partial charge on any atom is 0.410 e. The minimum absolute atomic E-state index is 0.0903. The van der Waals surface area contributed by atoms with Crippen molar-refractivity contribution in [3.8, 4) is 0 Å². The molecule has 0 unspecified atom stereocenters. The van der Waals surface area contributed by atoms with Crippen LogP contribution in [0.25, 0.3) is 0 Å². The molecule has 1 aliphatic carbocycles. The van der Waals surface area contributed by atoms with Crippen molar-refractivity contribution in [2.75, 3.05) is 13.2 Å². The predicted octanol–water partition coefficient (Wildman–Crippen LogP) is 1.88. The lowest BCUT2D eigenvalue weighted by molar-refractivity contribution is -0.143. The largest absolute Gasteiger partial charge is 0.480 e. The lowest BCUT2D eigenvalue weighted by atomic mass is 9.78. The minimum Gasteiger partial charge on any atom is -0.480 e. The summed E-state index contributed by atoms with van der Waals surface area (Å²) in [5.74, 6) is -0.511. The molecule has 3 atom stereocenters. The van der Waals surface area contributed by atoms with Crippen LogP contribution in [-0.4, -0.2) is 41.3 Å². The predicted molar refractivity (Wildman–Crippen MR) is 65.1 cm³/mol. The fraction of sp³-hybridized carbons (Fsp3) is 0.692. The molecule has 1 aliphatic heterocycles. The second-order valence-electron chi connectivity index (χ2n) is 5.01. The zero-order valence-electron chi connectivity index (χ0n) is 10.4. The molecule has 2 aliphatic rings. The molecule has 2 rings (SSSR count). The van der Waals surface area contributed by atoms with Gasteiger partial charge >= 0.3 is 12.1 Å². The van der Waals surface area contributed by atoms with E-state index in [-0.39, 0.29) is 12.5 Å². The third-order valence-electron chi connectivity index (χ3n) is 3.95. The van der Waals surface area contributed by atoms with Crippen molar-refractivity contribution in [2.45, 2.75) is 31.7 Å². The Morgan fingerprint density at radius 2 is 2.11 bits per heavy atom. The number of aliphatic carboxylic acids is 1. The molecule has 1 N–H and O–H groups in total. The zero-order valence-corrected chi connectivity index (χ0v) is 10.4. The number of hydrogen-bond acceptors (Lipinski definition) is 3. The second kappa shape index (κ2) is 5.42. The first-order chi connectivity index (χ1) is 8.65. The molecular formula is C13H19NO4. The number of carboxylic acid groups (broad SMARTS) is 1. The molecule has 1 saturated carbocycles. The fourth-order valence-electron chi connectivity index (χ4n) is 3.19. The van der Waals surface area contributed by atoms with E-state index in [1.165, 1.54) is 11.0 Å². The molecule has 0 bridgehead atoms. The molecule has 0 spiro atoms. The van der Waals surface area contributed by atoms with Gasteiger partial charge in [0, 0.05) is 6.54 Å². The Bertz CT molecular complexity index is 355. The third kappa shape index (κ3) is 2.35. The van der Waals surface area contributed by atoms with E-state index in [4.69, 9.17) is 4.74 Å². The Morgan fingerprint density at radius 1 is 1.39 bits per heavy atom. The van der Waals surface area contributed by atoms with Gasteiger partial charge in [-0.15, -0.1) is 0 Å². The van der Waals surface area contributed by atoms with E-state index in [9.17, 15) is 14.7 Å². The molecule has 100 valence electrons. The molecule has 1 saturated heterocycles. The molecule has 18 heavy (non-hydrogen) atoms. The topological polar surface area (TPSA) is 66.8 Å². The lowest BCUT2D eigenvalue weighted by Crippen LogP contribution is -2.43. The highest BCUT2D eigenvalue weighted by Gasteiger charge is 2.48. The van der Waals surface area contributed by atoms with Crippen LogP contribution in [0.5, 0.6) is 0 Å². The summed E-state index contributed by atoms with van der Waals surface area (Å²) in [7, 11) is 0. The van der Waals surface area contributed by atoms with E-state index in [2.05, 4.69) is 6.58 Å². The highest BCUT2D eigenvalue weighted by Crippen LogP contribution is 2.40. The Balaban J connectivity index is 2.10. The van der Waals surface area contributed by atoms with Crippen LogP contribution >= 0.6 is 0 Å². The van der Waals surface area contributed by atoms with Crippen molar-refractivity contribution < 1.29 is 19.4 Å². The molecule has 2 fully saturated rings. The summed E-state index contributed by atoms with van der Waals surface area (Å²) in [4.78, 5) is 24.6. The van der Waals surface area contributed by atoms with Crippen molar-refractivity contribution in [3.05, 3.63) is 12.7 Å². The molecule has 0 aromatic carbocycles. The summed E-state index contributed by atoms with van der Waals surface area (Å²) in [6.45, 7) is 4.11. The molecule has 0 radical (unpaired) electrons. The van der Waals surface area contributed by atoms with Gasteiger partial charge in [0.05, 0.1) is 0 Å². The van der Waals surface area contributed by atoms with Crippen LogP contribution in [0.4, 0.5) is 4.79 Å². The smallest absolute Gasteiger partial charge is 0.410 e. The van der Waals surface area contributed by atoms with Crippen LogP contribution < -0.4 is 0 Å². The molecule has 1 heterocycles. The number of amides is 1. The van der Waals surface area contributed by atoms with Crippen LogP contribution in [0, 0.1) is 11.8 Å². The monoisotopic (exact) mass is 253 g/mol. The first-order valence-electron chi connectivity index (χ1n) is 6.42. The van der Waals surface area contributed by atoms with Crippen molar-refractivity contribution >= 4 is 12.1 Å². The van der Waals surface area contributed by atoms with Crippen molar-refractivity contribution in [3.63, 3.8) is 0 Å². The van der Waals surface area contributed by atoms with Gasteiger partial charge in [0.1, 0.15) is 12.6 Å². The van der Waals surface area contributed by atoms with E-state index in [1.807, 2.05) is 0 Å². The minimum atomic E-state index is -0.917. The van der Waals surface area contributed by atoms with Crippen LogP contribution in [-0.2, 0) is 9.53 Å². The van der Waals surface area contributed by atoms with E-state index < -0.39 is 18.1 Å². The molecular weight excluding hydrogens is 234 g/mol. The molecule has 5 nitrogen and oxygen atoms in total. The van der Waals surface area contributed by atoms with Gasteiger partial charge in [0.2, 0.25) is 0 Å². The Kier molecular flexibility index (Phi) is 3.89. The van der Waals surface area contributed by atoms with Gasteiger partial charge in [-0.3, -0.25) is 4.90 Å². The zero-order chi connectivity index (χ0) is 13.1. The van der Waals surface area contributed by atoms with Gasteiger partial charge < -0.3 is 9.84 Å². The van der Waals surface area contributed by atoms with E-state index >= 15 is 0 Å². The van der Waals surface area contributed by atoms with Crippen LogP contribution in [0.1, 0.15) is 25.7 Å². The lowest BCUT2D eigenvalue weighted by Gasteiger charge is -2.26. The first-order valence-corrected chi connectivity index (χ1v) is 6.42. The maximum atomic E-state index is 11.9. The molecule has 1 amide bonds. The van der Waals surface area contributed by atoms with Gasteiger partial charge in [0.25, 0.3) is 0 Å². The quantitative estimate of drug-likeness (QED) is 0.780. The number of carboxylic acids is 1. The number of carbonyl (C=O) groups is 2. The average Bonchev–Trinajstić information content (AvgIpc) is 2.75. The van der Waals surface area contributed by atoms with E-state index in [0.29, 0.717) is 12.5 Å². The Labute approximate surface area is 106 Å². The number of ether oxygens (including phenoxy) is 1. The summed E-state index contributed by atoms with van der Waals surface area (Å²) in [5, 5.41) is 9.33. The Hall–Kier alpha value is -1.52. The molecule has 0 aromatic rings. The van der Waals surface area contributed by atoms with Gasteiger partial charge in [-0.25, -0.2) is 9.59 Å². The number of fused-ring (bicyclic) bond motifs is 1. The van der Waals surface area contributed by atoms with Crippen LogP contribution in [0.2, 0.25) is 0 Å². The van der Waals surface area contributed by atoms with E-state index in [0.717, 1.165) is 25.7 Å². The summed E-state index contributed by atoms with van der Waals surface area (Å²) in [6.07, 6.45) is 5.05. The Morgan fingerprint density at radius 3 is 2.78 bits per heavy atom. The first kappa shape index (κ1) is 12.9. The number of hydrogen-bond donors (Lipinski definition) is 1. The van der Waals surface area contributed by atoms with Gasteiger partial charge in [-0.1, -0.05) is 25.5 Å². The van der Waals surface area contributed by atoms with Crippen molar-refractivity contribution in [1.29, 1.82) is 0 Å². The average molecular weight is 253 g/mol. The normalized spacial score (nSPS) is 30.7. The SMILES string of the molecule is C=CCOC(=O)N1C[C@@H]2CCCC[C@@H]2[C@H]1C(=O)O. The van der Waals surface area contributed by atoms with Crippen LogP contribution in [0.15, 0.2) is 12.7 Å². The summed E-state index contributed by atoms with van der Waals surface area (Å²) in [5.41, 5.74) is 0. The van der Waals surface area contributed by atoms with Crippen molar-refractivity contribution in [2.24, 2.45) is 11.8 Å². The second-order valence-corrected chi connectivity index (χ2v) is 5.01. The van der Waals surface area contributed by atoms with Gasteiger partial charge in [0.15, 0.2) is 0 Å². The molecule has 0 aromatic heterocycles. The van der Waals surface area contributed by atoms with Gasteiger partial charge in [-0.2, -0.15) is 0 Å². The number of rotatable bonds is 3. The summed E-state index contributed by atoms with van der Waals surface area (Å²) >= 11 is 0.